The molecule has 1 atom stereocenters. The molecule has 0 radical (unpaired) electrons. The van der Waals surface area contributed by atoms with Crippen molar-refractivity contribution < 1.29 is 17.9 Å². The Kier molecular flexibility index (Phi) is 6.82. The maximum absolute atomic E-state index is 13.8. The van der Waals surface area contributed by atoms with Crippen LogP contribution in [0.15, 0.2) is 12.1 Å². The van der Waals surface area contributed by atoms with Gasteiger partial charge in [0.2, 0.25) is 0 Å². The van der Waals surface area contributed by atoms with Crippen molar-refractivity contribution in [3.63, 3.8) is 0 Å². The van der Waals surface area contributed by atoms with Gasteiger partial charge in [-0.3, -0.25) is 9.91 Å². The van der Waals surface area contributed by atoms with E-state index in [1.54, 1.807) is 5.01 Å². The molecular weight excluding hydrogens is 407 g/mol. The lowest BCUT2D eigenvalue weighted by Gasteiger charge is -2.51. The van der Waals surface area contributed by atoms with Gasteiger partial charge in [0, 0.05) is 37.3 Å². The van der Waals surface area contributed by atoms with Crippen LogP contribution in [-0.4, -0.2) is 59.4 Å². The molecule has 1 aliphatic carbocycles. The Morgan fingerprint density at radius 2 is 1.58 bits per heavy atom. The van der Waals surface area contributed by atoms with Gasteiger partial charge in [0.05, 0.1) is 0 Å². The van der Waals surface area contributed by atoms with Crippen molar-refractivity contribution in [3.05, 3.63) is 34.8 Å². The minimum atomic E-state index is -1.04. The minimum Gasteiger partial charge on any atom is -0.771 e. The predicted molar refractivity (Wildman–Crippen MR) is 113 cm³/mol. The van der Waals surface area contributed by atoms with Crippen molar-refractivity contribution in [2.75, 3.05) is 26.2 Å². The molecule has 0 bridgehead atoms. The molecule has 3 aliphatic rings. The van der Waals surface area contributed by atoms with Crippen LogP contribution in [0.1, 0.15) is 58.8 Å². The second kappa shape index (κ2) is 9.25. The first-order valence-electron chi connectivity index (χ1n) is 11.5. The van der Waals surface area contributed by atoms with Gasteiger partial charge in [-0.05, 0) is 57.0 Å². The summed E-state index contributed by atoms with van der Waals surface area (Å²) in [5.41, 5.74) is 0.356. The summed E-state index contributed by atoms with van der Waals surface area (Å²) in [4.78, 5) is 2.57. The van der Waals surface area contributed by atoms with Crippen molar-refractivity contribution in [1.29, 1.82) is 0 Å². The topological polar surface area (TPSA) is 42.0 Å². The van der Waals surface area contributed by atoms with Crippen molar-refractivity contribution >= 4 is 0 Å². The molecule has 1 saturated carbocycles. The van der Waals surface area contributed by atoms with E-state index in [9.17, 15) is 18.4 Å². The fraction of sp³-hybridized carbons (Fsp3) is 0.739. The predicted octanol–water partition coefficient (Wildman–Crippen LogP) is 4.71. The summed E-state index contributed by atoms with van der Waals surface area (Å²) in [6.45, 7) is 7.59. The van der Waals surface area contributed by atoms with Gasteiger partial charge >= 0.3 is 0 Å². The molecule has 2 saturated heterocycles. The lowest BCUT2D eigenvalue weighted by atomic mass is 9.85. The molecule has 0 spiro atoms. The zero-order valence-electron chi connectivity index (χ0n) is 18.5. The smallest absolute Gasteiger partial charge is 0.191 e. The maximum Gasteiger partial charge on any atom is 0.191 e. The van der Waals surface area contributed by atoms with E-state index in [1.807, 2.05) is 0 Å². The number of rotatable bonds is 5. The number of hydrogen-bond acceptors (Lipinski definition) is 5. The lowest BCUT2D eigenvalue weighted by Crippen LogP contribution is -2.55. The number of halogens is 3. The van der Waals surface area contributed by atoms with Crippen molar-refractivity contribution in [2.45, 2.75) is 77.0 Å². The van der Waals surface area contributed by atoms with Crippen LogP contribution in [-0.2, 0) is 0 Å². The molecule has 3 fully saturated rings. The third-order valence-electron chi connectivity index (χ3n) is 7.40. The van der Waals surface area contributed by atoms with Crippen LogP contribution < -0.4 is 4.74 Å². The number of ether oxygens (including phenoxy) is 1. The maximum atomic E-state index is 13.8. The Labute approximate surface area is 182 Å². The molecule has 2 aliphatic heterocycles. The summed E-state index contributed by atoms with van der Waals surface area (Å²) in [6.07, 6.45) is 6.11. The van der Waals surface area contributed by atoms with E-state index in [0.717, 1.165) is 31.1 Å². The van der Waals surface area contributed by atoms with Gasteiger partial charge < -0.3 is 15.1 Å². The Bertz CT molecular complexity index is 739. The largest absolute Gasteiger partial charge is 0.771 e. The third-order valence-corrected chi connectivity index (χ3v) is 7.40. The highest BCUT2D eigenvalue weighted by molar-refractivity contribution is 5.27. The summed E-state index contributed by atoms with van der Waals surface area (Å²) in [5, 5.41) is 15.9. The van der Waals surface area contributed by atoms with Crippen LogP contribution in [0.4, 0.5) is 13.2 Å². The van der Waals surface area contributed by atoms with Gasteiger partial charge in [-0.15, -0.1) is 0 Å². The van der Waals surface area contributed by atoms with Gasteiger partial charge in [0.1, 0.15) is 11.9 Å². The first-order valence-corrected chi connectivity index (χ1v) is 11.5. The third kappa shape index (κ3) is 5.02. The van der Waals surface area contributed by atoms with E-state index < -0.39 is 29.3 Å². The summed E-state index contributed by atoms with van der Waals surface area (Å²) in [7, 11) is 0. The second-order valence-corrected chi connectivity index (χ2v) is 9.94. The average molecular weight is 441 g/mol. The van der Waals surface area contributed by atoms with E-state index in [1.165, 1.54) is 19.3 Å². The summed E-state index contributed by atoms with van der Waals surface area (Å²) in [6, 6.07) is 1.83. The van der Waals surface area contributed by atoms with Crippen molar-refractivity contribution in [1.82, 2.24) is 15.1 Å². The molecule has 1 aromatic rings. The summed E-state index contributed by atoms with van der Waals surface area (Å²) >= 11 is 0. The van der Waals surface area contributed by atoms with Crippen LogP contribution in [0, 0.1) is 28.1 Å². The molecule has 0 N–H and O–H groups in total. The van der Waals surface area contributed by atoms with Crippen molar-refractivity contribution in [3.8, 4) is 5.75 Å². The zero-order valence-corrected chi connectivity index (χ0v) is 18.5. The van der Waals surface area contributed by atoms with Crippen LogP contribution in [0.25, 0.3) is 0 Å². The minimum absolute atomic E-state index is 0.0229. The zero-order chi connectivity index (χ0) is 22.2. The van der Waals surface area contributed by atoms with E-state index in [4.69, 9.17) is 4.74 Å². The van der Waals surface area contributed by atoms with Crippen LogP contribution in [0.2, 0.25) is 0 Å². The van der Waals surface area contributed by atoms with Crippen LogP contribution in [0.3, 0.4) is 0 Å². The number of hydroxylamine groups is 1. The number of piperidine rings is 2. The quantitative estimate of drug-likeness (QED) is 0.621. The SMILES string of the molecule is CC1(C)CCCC1N1CCC(N([O-])N2CCC(Oc3c(F)cc(F)cc3F)CC2)CC1. The van der Waals surface area contributed by atoms with Gasteiger partial charge in [0.25, 0.3) is 0 Å². The highest BCUT2D eigenvalue weighted by atomic mass is 19.1. The second-order valence-electron chi connectivity index (χ2n) is 9.94. The standard InChI is InChI=1S/C23H33F3N3O2/c1-23(2)9-3-4-21(23)27-10-5-17(6-11-27)29(30)28-12-7-18(8-13-28)31-22-19(25)14-16(24)15-20(22)26/h14-15,17-18,21H,3-13H2,1-2H3/q-1. The average Bonchev–Trinajstić information content (AvgIpc) is 3.09. The number of hydrogen-bond donors (Lipinski definition) is 0. The van der Waals surface area contributed by atoms with Gasteiger partial charge in [-0.2, -0.15) is 0 Å². The first-order chi connectivity index (χ1) is 14.7. The van der Waals surface area contributed by atoms with Gasteiger partial charge in [-0.1, -0.05) is 20.3 Å². The normalized spacial score (nSPS) is 26.6. The Morgan fingerprint density at radius 1 is 0.968 bits per heavy atom. The van der Waals surface area contributed by atoms with E-state index in [0.29, 0.717) is 49.5 Å². The molecule has 4 rings (SSSR count). The Balaban J connectivity index is 1.25. The molecule has 2 heterocycles. The molecule has 0 amide bonds. The van der Waals surface area contributed by atoms with E-state index in [2.05, 4.69) is 18.7 Å². The van der Waals surface area contributed by atoms with E-state index in [-0.39, 0.29) is 6.04 Å². The highest BCUT2D eigenvalue weighted by Gasteiger charge is 2.39. The molecule has 174 valence electrons. The van der Waals surface area contributed by atoms with Crippen LogP contribution in [0.5, 0.6) is 5.75 Å². The van der Waals surface area contributed by atoms with Gasteiger partial charge in [0.15, 0.2) is 17.4 Å². The van der Waals surface area contributed by atoms with Gasteiger partial charge in [-0.25, -0.2) is 13.2 Å². The fourth-order valence-corrected chi connectivity index (χ4v) is 5.60. The number of hydrazine groups is 1. The molecular formula is C23H33F3N3O2-. The molecule has 31 heavy (non-hydrogen) atoms. The fourth-order valence-electron chi connectivity index (χ4n) is 5.60. The monoisotopic (exact) mass is 440 g/mol. The Hall–Kier alpha value is -1.35. The molecule has 5 nitrogen and oxygen atoms in total. The Morgan fingerprint density at radius 3 is 2.13 bits per heavy atom. The lowest BCUT2D eigenvalue weighted by molar-refractivity contribution is -0.0706. The summed E-state index contributed by atoms with van der Waals surface area (Å²) < 4.78 is 46.2. The molecule has 1 unspecified atom stereocenters. The molecule has 1 aromatic carbocycles. The van der Waals surface area contributed by atoms with Crippen LogP contribution >= 0.6 is 0 Å². The molecule has 8 heteroatoms. The number of likely N-dealkylation sites (tertiary alicyclic amines) is 1. The van der Waals surface area contributed by atoms with Crippen molar-refractivity contribution in [2.24, 2.45) is 5.41 Å². The number of benzene rings is 1. The number of nitrogens with zero attached hydrogens (tertiary/aromatic N) is 3. The molecule has 0 aromatic heterocycles. The first kappa shape index (κ1) is 22.8. The highest BCUT2D eigenvalue weighted by Crippen LogP contribution is 2.41. The summed E-state index contributed by atoms with van der Waals surface area (Å²) in [5.74, 6) is -3.59. The van der Waals surface area contributed by atoms with E-state index >= 15 is 0 Å².